The second-order valence-electron chi connectivity index (χ2n) is 4.41. The monoisotopic (exact) mass is 272 g/mol. The molecular weight excluding hydrogens is 252 g/mol. The fraction of sp³-hybridized carbons (Fsp3) is 0.545. The van der Waals surface area contributed by atoms with Gasteiger partial charge in [-0.1, -0.05) is 0 Å². The van der Waals surface area contributed by atoms with Crippen LogP contribution in [0.15, 0.2) is 23.2 Å². The molecule has 0 aromatic carbocycles. The fourth-order valence-electron chi connectivity index (χ4n) is 1.63. The van der Waals surface area contributed by atoms with E-state index in [0.717, 1.165) is 0 Å². The Hall–Kier alpha value is -1.18. The van der Waals surface area contributed by atoms with Crippen molar-refractivity contribution < 1.29 is 8.42 Å². The molecule has 0 radical (unpaired) electrons. The molecule has 0 aliphatic heterocycles. The van der Waals surface area contributed by atoms with Gasteiger partial charge >= 0.3 is 0 Å². The molecule has 0 fully saturated rings. The summed E-state index contributed by atoms with van der Waals surface area (Å²) in [5.74, 6) is 0.526. The summed E-state index contributed by atoms with van der Waals surface area (Å²) in [6.45, 7) is 2.47. The minimum absolute atomic E-state index is 0.156. The molecule has 1 atom stereocenters. The van der Waals surface area contributed by atoms with Gasteiger partial charge in [0.2, 0.25) is 10.0 Å². The number of aromatic nitrogens is 1. The smallest absolute Gasteiger partial charge is 0.241 e. The molecule has 102 valence electrons. The van der Waals surface area contributed by atoms with Crippen molar-refractivity contribution in [3.63, 3.8) is 0 Å². The Morgan fingerprint density at radius 1 is 1.44 bits per heavy atom. The number of hydrogen-bond donors (Lipinski definition) is 2. The first kappa shape index (κ1) is 14.9. The van der Waals surface area contributed by atoms with E-state index in [2.05, 4.69) is 15.0 Å². The highest BCUT2D eigenvalue weighted by Gasteiger charge is 2.18. The zero-order valence-electron chi connectivity index (χ0n) is 11.1. The molecule has 1 aromatic rings. The average Bonchev–Trinajstić information content (AvgIpc) is 2.27. The van der Waals surface area contributed by atoms with E-state index in [1.807, 2.05) is 25.9 Å². The highest BCUT2D eigenvalue weighted by Crippen LogP contribution is 2.12. The topological polar surface area (TPSA) is 74.3 Å². The third-order valence-electron chi connectivity index (χ3n) is 2.29. The molecule has 18 heavy (non-hydrogen) atoms. The SMILES string of the molecule is CNc1cc(S(=O)(=O)NC(C)CN(C)C)ccn1. The maximum absolute atomic E-state index is 12.1. The van der Waals surface area contributed by atoms with E-state index in [1.54, 1.807) is 7.05 Å². The van der Waals surface area contributed by atoms with Crippen molar-refractivity contribution in [2.75, 3.05) is 33.0 Å². The lowest BCUT2D eigenvalue weighted by Gasteiger charge is -2.18. The van der Waals surface area contributed by atoms with E-state index in [0.29, 0.717) is 12.4 Å². The molecule has 2 N–H and O–H groups in total. The Balaban J connectivity index is 2.85. The quantitative estimate of drug-likeness (QED) is 0.782. The summed E-state index contributed by atoms with van der Waals surface area (Å²) in [6, 6.07) is 2.83. The van der Waals surface area contributed by atoms with Crippen LogP contribution in [0, 0.1) is 0 Å². The Kier molecular flexibility index (Phi) is 5.06. The lowest BCUT2D eigenvalue weighted by atomic mass is 10.3. The first-order valence-corrected chi connectivity index (χ1v) is 7.14. The van der Waals surface area contributed by atoms with Gasteiger partial charge in [-0.2, -0.15) is 0 Å². The summed E-state index contributed by atoms with van der Waals surface area (Å²) in [7, 11) is 2.00. The Morgan fingerprint density at radius 2 is 2.11 bits per heavy atom. The van der Waals surface area contributed by atoms with Crippen molar-refractivity contribution in [3.05, 3.63) is 18.3 Å². The molecule has 0 bridgehead atoms. The molecule has 0 saturated carbocycles. The predicted molar refractivity (Wildman–Crippen MR) is 72.1 cm³/mol. The van der Waals surface area contributed by atoms with Crippen LogP contribution in [0.3, 0.4) is 0 Å². The molecule has 0 aliphatic carbocycles. The van der Waals surface area contributed by atoms with E-state index in [9.17, 15) is 8.42 Å². The van der Waals surface area contributed by atoms with Crippen LogP contribution >= 0.6 is 0 Å². The predicted octanol–water partition coefficient (Wildman–Crippen LogP) is 0.352. The van der Waals surface area contributed by atoms with Crippen molar-refractivity contribution in [1.82, 2.24) is 14.6 Å². The van der Waals surface area contributed by atoms with Crippen LogP contribution in [-0.2, 0) is 10.0 Å². The number of nitrogens with one attached hydrogen (secondary N) is 2. The van der Waals surface area contributed by atoms with E-state index < -0.39 is 10.0 Å². The number of sulfonamides is 1. The lowest BCUT2D eigenvalue weighted by Crippen LogP contribution is -2.39. The van der Waals surface area contributed by atoms with Crippen molar-refractivity contribution >= 4 is 15.8 Å². The molecule has 0 amide bonds. The molecule has 6 nitrogen and oxygen atoms in total. The van der Waals surface area contributed by atoms with E-state index in [4.69, 9.17) is 0 Å². The Bertz CT molecular complexity index is 488. The Labute approximate surface area is 108 Å². The van der Waals surface area contributed by atoms with Gasteiger partial charge < -0.3 is 10.2 Å². The minimum Gasteiger partial charge on any atom is -0.373 e. The molecule has 1 aromatic heterocycles. The maximum Gasteiger partial charge on any atom is 0.241 e. The number of pyridine rings is 1. The first-order valence-electron chi connectivity index (χ1n) is 5.66. The summed E-state index contributed by atoms with van der Waals surface area (Å²) in [4.78, 5) is 6.13. The number of hydrogen-bond acceptors (Lipinski definition) is 5. The molecule has 1 rings (SSSR count). The van der Waals surface area contributed by atoms with Crippen LogP contribution in [0.25, 0.3) is 0 Å². The van der Waals surface area contributed by atoms with E-state index in [-0.39, 0.29) is 10.9 Å². The second-order valence-corrected chi connectivity index (χ2v) is 6.13. The van der Waals surface area contributed by atoms with Crippen LogP contribution in [0.5, 0.6) is 0 Å². The third kappa shape index (κ3) is 4.25. The lowest BCUT2D eigenvalue weighted by molar-refractivity contribution is 0.370. The molecule has 0 aliphatic rings. The average molecular weight is 272 g/mol. The summed E-state index contributed by atoms with van der Waals surface area (Å²) in [5.41, 5.74) is 0. The van der Waals surface area contributed by atoms with Gasteiger partial charge in [-0.15, -0.1) is 0 Å². The van der Waals surface area contributed by atoms with E-state index >= 15 is 0 Å². The number of rotatable bonds is 6. The molecule has 0 spiro atoms. The van der Waals surface area contributed by atoms with Gasteiger partial charge in [0.05, 0.1) is 4.90 Å². The zero-order valence-corrected chi connectivity index (χ0v) is 12.0. The van der Waals surface area contributed by atoms with Crippen molar-refractivity contribution in [3.8, 4) is 0 Å². The second kappa shape index (κ2) is 6.12. The molecule has 1 unspecified atom stereocenters. The molecular formula is C11H20N4O2S. The highest BCUT2D eigenvalue weighted by atomic mass is 32.2. The van der Waals surface area contributed by atoms with Crippen LogP contribution in [-0.4, -0.2) is 52.0 Å². The first-order chi connectivity index (χ1) is 8.35. The standard InChI is InChI=1S/C11H20N4O2S/c1-9(8-15(3)4)14-18(16,17)10-5-6-13-11(7-10)12-2/h5-7,9,14H,8H2,1-4H3,(H,12,13). The third-order valence-corrected chi connectivity index (χ3v) is 3.88. The van der Waals surface area contributed by atoms with Crippen LogP contribution in [0.2, 0.25) is 0 Å². The van der Waals surface area contributed by atoms with Crippen molar-refractivity contribution in [2.24, 2.45) is 0 Å². The molecule has 7 heteroatoms. The minimum atomic E-state index is -3.49. The maximum atomic E-state index is 12.1. The molecule has 1 heterocycles. The summed E-state index contributed by atoms with van der Waals surface area (Å²) in [5, 5.41) is 2.81. The number of nitrogens with zero attached hydrogens (tertiary/aromatic N) is 2. The van der Waals surface area contributed by atoms with E-state index in [1.165, 1.54) is 18.3 Å². The van der Waals surface area contributed by atoms with Crippen LogP contribution < -0.4 is 10.0 Å². The summed E-state index contributed by atoms with van der Waals surface area (Å²) >= 11 is 0. The van der Waals surface area contributed by atoms with Gasteiger partial charge in [0.1, 0.15) is 5.82 Å². The van der Waals surface area contributed by atoms with Gasteiger partial charge in [-0.3, -0.25) is 0 Å². The Morgan fingerprint density at radius 3 is 2.67 bits per heavy atom. The normalized spacial score (nSPS) is 13.6. The van der Waals surface area contributed by atoms with Crippen molar-refractivity contribution in [2.45, 2.75) is 17.9 Å². The summed E-state index contributed by atoms with van der Waals surface area (Å²) < 4.78 is 26.8. The highest BCUT2D eigenvalue weighted by molar-refractivity contribution is 7.89. The van der Waals surface area contributed by atoms with Gasteiger partial charge in [-0.25, -0.2) is 18.1 Å². The van der Waals surface area contributed by atoms with Gasteiger partial charge in [0, 0.05) is 31.9 Å². The fourth-order valence-corrected chi connectivity index (χ4v) is 2.88. The largest absolute Gasteiger partial charge is 0.373 e. The summed E-state index contributed by atoms with van der Waals surface area (Å²) in [6.07, 6.45) is 1.47. The van der Waals surface area contributed by atoms with Gasteiger partial charge in [0.25, 0.3) is 0 Å². The van der Waals surface area contributed by atoms with Gasteiger partial charge in [-0.05, 0) is 27.1 Å². The number of likely N-dealkylation sites (N-methyl/N-ethyl adjacent to an activating group) is 1. The van der Waals surface area contributed by atoms with Crippen LogP contribution in [0.4, 0.5) is 5.82 Å². The van der Waals surface area contributed by atoms with Crippen molar-refractivity contribution in [1.29, 1.82) is 0 Å². The van der Waals surface area contributed by atoms with Crippen LogP contribution in [0.1, 0.15) is 6.92 Å². The zero-order chi connectivity index (χ0) is 13.8. The van der Waals surface area contributed by atoms with Gasteiger partial charge in [0.15, 0.2) is 0 Å². The molecule has 0 saturated heterocycles. The number of anilines is 1.